The van der Waals surface area contributed by atoms with Gasteiger partial charge >= 0.3 is 0 Å². The van der Waals surface area contributed by atoms with Crippen molar-refractivity contribution in [3.05, 3.63) is 0 Å². The molecule has 0 saturated heterocycles. The third-order valence-electron chi connectivity index (χ3n) is 0.885. The maximum absolute atomic E-state index is 5.39. The van der Waals surface area contributed by atoms with Crippen LogP contribution in [0.3, 0.4) is 0 Å². The van der Waals surface area contributed by atoms with Gasteiger partial charge in [0.15, 0.2) is 0 Å². The molecule has 0 unspecified atom stereocenters. The number of nitrogens with zero attached hydrogens (tertiary/aromatic N) is 1. The minimum absolute atomic E-state index is 0.288. The number of hydrogen-bond donors (Lipinski definition) is 0. The highest BCUT2D eigenvalue weighted by Gasteiger charge is 2.09. The molecule has 2 heteroatoms. The second-order valence-electron chi connectivity index (χ2n) is 4.12. The van der Waals surface area contributed by atoms with Gasteiger partial charge in [-0.1, -0.05) is 20.8 Å². The van der Waals surface area contributed by atoms with Crippen molar-refractivity contribution < 1.29 is 4.74 Å². The first-order valence-corrected chi connectivity index (χ1v) is 3.64. The van der Waals surface area contributed by atoms with E-state index in [1.807, 2.05) is 19.0 Å². The maximum Gasteiger partial charge on any atom is 0.0985 e. The van der Waals surface area contributed by atoms with E-state index in [1.165, 1.54) is 0 Å². The van der Waals surface area contributed by atoms with Crippen LogP contribution in [0.15, 0.2) is 0 Å². The zero-order chi connectivity index (χ0) is 8.20. The second kappa shape index (κ2) is 3.94. The number of hydrogen-bond acceptors (Lipinski definition) is 2. The van der Waals surface area contributed by atoms with Crippen molar-refractivity contribution in [2.45, 2.75) is 20.8 Å². The quantitative estimate of drug-likeness (QED) is 0.559. The van der Waals surface area contributed by atoms with Crippen LogP contribution in [0, 0.1) is 5.41 Å². The Kier molecular flexibility index (Phi) is 3.91. The van der Waals surface area contributed by atoms with E-state index in [4.69, 9.17) is 4.74 Å². The van der Waals surface area contributed by atoms with Crippen LogP contribution in [0.25, 0.3) is 0 Å². The first kappa shape index (κ1) is 9.92. The molecule has 0 bridgehead atoms. The molecule has 0 aromatic carbocycles. The maximum atomic E-state index is 5.39. The molecule has 0 N–H and O–H groups in total. The Hall–Kier alpha value is -0.0800. The van der Waals surface area contributed by atoms with Crippen LogP contribution in [0.4, 0.5) is 0 Å². The molecule has 0 heterocycles. The summed E-state index contributed by atoms with van der Waals surface area (Å²) < 4.78 is 5.39. The van der Waals surface area contributed by atoms with Gasteiger partial charge < -0.3 is 4.74 Å². The van der Waals surface area contributed by atoms with Gasteiger partial charge in [-0.25, -0.2) is 0 Å². The summed E-state index contributed by atoms with van der Waals surface area (Å²) in [4.78, 5) is 2.02. The molecule has 0 aliphatic carbocycles. The lowest BCUT2D eigenvalue weighted by molar-refractivity contribution is 0.0153. The van der Waals surface area contributed by atoms with E-state index in [1.54, 1.807) is 0 Å². The molecule has 0 aliphatic heterocycles. The predicted molar refractivity (Wildman–Crippen MR) is 44.0 cm³/mol. The third kappa shape index (κ3) is 7.92. The van der Waals surface area contributed by atoms with Crippen molar-refractivity contribution in [2.24, 2.45) is 5.41 Å². The molecular weight excluding hydrogens is 126 g/mol. The lowest BCUT2D eigenvalue weighted by Gasteiger charge is -2.19. The Morgan fingerprint density at radius 1 is 1.20 bits per heavy atom. The molecule has 0 fully saturated rings. The average Bonchev–Trinajstić information content (AvgIpc) is 1.59. The second-order valence-corrected chi connectivity index (χ2v) is 4.12. The van der Waals surface area contributed by atoms with Crippen LogP contribution in [0.5, 0.6) is 0 Å². The van der Waals surface area contributed by atoms with Crippen LogP contribution < -0.4 is 0 Å². The SMILES string of the molecule is CN(C)COCC(C)(C)C. The molecule has 0 aliphatic rings. The van der Waals surface area contributed by atoms with E-state index >= 15 is 0 Å². The fourth-order valence-corrected chi connectivity index (χ4v) is 0.534. The molecular formula is C8H19NO. The van der Waals surface area contributed by atoms with Crippen LogP contribution >= 0.6 is 0 Å². The average molecular weight is 145 g/mol. The van der Waals surface area contributed by atoms with Crippen molar-refractivity contribution in [3.8, 4) is 0 Å². The summed E-state index contributed by atoms with van der Waals surface area (Å²) in [6.45, 7) is 8.05. The van der Waals surface area contributed by atoms with Gasteiger partial charge in [-0.2, -0.15) is 0 Å². The zero-order valence-corrected chi connectivity index (χ0v) is 7.77. The third-order valence-corrected chi connectivity index (χ3v) is 0.885. The van der Waals surface area contributed by atoms with Crippen molar-refractivity contribution in [1.82, 2.24) is 4.90 Å². The summed E-state index contributed by atoms with van der Waals surface area (Å²) in [7, 11) is 4.01. The first-order chi connectivity index (χ1) is 4.42. The molecule has 62 valence electrons. The highest BCUT2D eigenvalue weighted by atomic mass is 16.5. The van der Waals surface area contributed by atoms with E-state index < -0.39 is 0 Å². The molecule has 0 atom stereocenters. The molecule has 0 spiro atoms. The van der Waals surface area contributed by atoms with Crippen LogP contribution in [-0.2, 0) is 4.74 Å². The molecule has 2 nitrogen and oxygen atoms in total. The Balaban J connectivity index is 3.21. The van der Waals surface area contributed by atoms with Gasteiger partial charge in [0.2, 0.25) is 0 Å². The highest BCUT2D eigenvalue weighted by molar-refractivity contribution is 4.58. The van der Waals surface area contributed by atoms with Gasteiger partial charge in [0.1, 0.15) is 0 Å². The fourth-order valence-electron chi connectivity index (χ4n) is 0.534. The van der Waals surface area contributed by atoms with Gasteiger partial charge in [-0.05, 0) is 19.5 Å². The lowest BCUT2D eigenvalue weighted by Crippen LogP contribution is -2.22. The van der Waals surface area contributed by atoms with Crippen molar-refractivity contribution in [1.29, 1.82) is 0 Å². The Bertz CT molecular complexity index is 83.7. The van der Waals surface area contributed by atoms with Crippen LogP contribution in [0.1, 0.15) is 20.8 Å². The smallest absolute Gasteiger partial charge is 0.0985 e. The Labute approximate surface area is 64.2 Å². The van der Waals surface area contributed by atoms with E-state index in [0.29, 0.717) is 0 Å². The van der Waals surface area contributed by atoms with Gasteiger partial charge in [0.05, 0.1) is 13.3 Å². The zero-order valence-electron chi connectivity index (χ0n) is 7.77. The summed E-state index contributed by atoms with van der Waals surface area (Å²) in [6, 6.07) is 0. The first-order valence-electron chi connectivity index (χ1n) is 3.64. The van der Waals surface area contributed by atoms with Crippen LogP contribution in [0.2, 0.25) is 0 Å². The van der Waals surface area contributed by atoms with Gasteiger partial charge in [0.25, 0.3) is 0 Å². The summed E-state index contributed by atoms with van der Waals surface area (Å²) in [5.41, 5.74) is 0.288. The normalized spacial score (nSPS) is 12.6. The molecule has 10 heavy (non-hydrogen) atoms. The Morgan fingerprint density at radius 3 is 2.00 bits per heavy atom. The molecule has 0 aromatic heterocycles. The summed E-state index contributed by atoms with van der Waals surface area (Å²) in [5.74, 6) is 0. The minimum Gasteiger partial charge on any atom is -0.366 e. The van der Waals surface area contributed by atoms with Crippen molar-refractivity contribution >= 4 is 0 Å². The molecule has 0 saturated carbocycles. The molecule has 0 amide bonds. The minimum atomic E-state index is 0.288. The monoisotopic (exact) mass is 145 g/mol. The molecule has 0 aromatic rings. The Morgan fingerprint density at radius 2 is 1.70 bits per heavy atom. The van der Waals surface area contributed by atoms with Crippen LogP contribution in [-0.4, -0.2) is 32.3 Å². The highest BCUT2D eigenvalue weighted by Crippen LogP contribution is 2.12. The largest absolute Gasteiger partial charge is 0.366 e. The summed E-state index contributed by atoms with van der Waals surface area (Å²) >= 11 is 0. The van der Waals surface area contributed by atoms with E-state index in [0.717, 1.165) is 13.3 Å². The standard InChI is InChI=1S/C8H19NO/c1-8(2,3)6-10-7-9(4)5/h6-7H2,1-5H3. The number of rotatable bonds is 3. The lowest BCUT2D eigenvalue weighted by atomic mass is 9.99. The van der Waals surface area contributed by atoms with E-state index in [2.05, 4.69) is 20.8 Å². The van der Waals surface area contributed by atoms with E-state index in [-0.39, 0.29) is 5.41 Å². The predicted octanol–water partition coefficient (Wildman–Crippen LogP) is 1.57. The van der Waals surface area contributed by atoms with Crippen molar-refractivity contribution in [2.75, 3.05) is 27.4 Å². The van der Waals surface area contributed by atoms with Crippen molar-refractivity contribution in [3.63, 3.8) is 0 Å². The number of ether oxygens (including phenoxy) is 1. The molecule has 0 radical (unpaired) electrons. The summed E-state index contributed by atoms with van der Waals surface area (Å²) in [6.07, 6.45) is 0. The van der Waals surface area contributed by atoms with Gasteiger partial charge in [0, 0.05) is 0 Å². The fraction of sp³-hybridized carbons (Fsp3) is 1.00. The topological polar surface area (TPSA) is 12.5 Å². The van der Waals surface area contributed by atoms with Gasteiger partial charge in [-0.3, -0.25) is 4.90 Å². The van der Waals surface area contributed by atoms with E-state index in [9.17, 15) is 0 Å². The van der Waals surface area contributed by atoms with Gasteiger partial charge in [-0.15, -0.1) is 0 Å². The summed E-state index contributed by atoms with van der Waals surface area (Å²) in [5, 5.41) is 0. The molecule has 0 rings (SSSR count).